The minimum Gasteiger partial charge on any atom is -0.365 e. The first-order valence-electron chi connectivity index (χ1n) is 10.4. The van der Waals surface area contributed by atoms with E-state index in [4.69, 9.17) is 5.73 Å². The molecule has 3 aromatic rings. The Hall–Kier alpha value is -3.21. The van der Waals surface area contributed by atoms with E-state index >= 15 is 0 Å². The van der Waals surface area contributed by atoms with Crippen molar-refractivity contribution in [1.82, 2.24) is 14.8 Å². The number of pyridine rings is 1. The van der Waals surface area contributed by atoms with Crippen molar-refractivity contribution < 1.29 is 22.8 Å². The molecule has 3 N–H and O–H groups in total. The normalized spacial score (nSPS) is 13.6. The van der Waals surface area contributed by atoms with E-state index in [2.05, 4.69) is 15.4 Å². The Balaban J connectivity index is 1.60. The molecule has 0 aromatic carbocycles. The molecular weight excluding hydrogens is 455 g/mol. The number of nitrogens with zero attached hydrogens (tertiary/aromatic N) is 3. The standard InChI is InChI=1S/C22H22F3N5O2S/c1-11-12(2)33-21(17(11)19(26)31)28-20(32)13-7-8-27-14(9-13)10-30-16-6-4-3-5-15(16)18(29-30)22(23,24)25/h7-9H,3-6,10H2,1-2H3,(H2,26,31)(H,28,32). The molecule has 2 amide bonds. The van der Waals surface area contributed by atoms with E-state index in [0.717, 1.165) is 11.3 Å². The zero-order chi connectivity index (χ0) is 23.9. The SMILES string of the molecule is Cc1sc(NC(=O)c2ccnc(Cn3nc(C(F)(F)F)c4c3CCCC4)c2)c(C(N)=O)c1C. The van der Waals surface area contributed by atoms with Crippen LogP contribution in [0.4, 0.5) is 18.2 Å². The summed E-state index contributed by atoms with van der Waals surface area (Å²) in [4.78, 5) is 29.7. The number of amides is 2. The number of nitrogens with one attached hydrogen (secondary N) is 1. The second kappa shape index (κ2) is 8.62. The van der Waals surface area contributed by atoms with Crippen LogP contribution >= 0.6 is 11.3 Å². The molecule has 3 aromatic heterocycles. The number of rotatable bonds is 5. The van der Waals surface area contributed by atoms with Crippen molar-refractivity contribution in [3.05, 3.63) is 62.5 Å². The Morgan fingerprint density at radius 2 is 1.97 bits per heavy atom. The van der Waals surface area contributed by atoms with Crippen LogP contribution < -0.4 is 11.1 Å². The summed E-state index contributed by atoms with van der Waals surface area (Å²) in [6, 6.07) is 3.01. The highest BCUT2D eigenvalue weighted by molar-refractivity contribution is 7.16. The maximum absolute atomic E-state index is 13.4. The number of carbonyl (C=O) groups excluding carboxylic acids is 2. The van der Waals surface area contributed by atoms with E-state index in [9.17, 15) is 22.8 Å². The van der Waals surface area contributed by atoms with Crippen LogP contribution in [-0.4, -0.2) is 26.6 Å². The van der Waals surface area contributed by atoms with Gasteiger partial charge in [0.25, 0.3) is 11.8 Å². The molecule has 0 aliphatic heterocycles. The van der Waals surface area contributed by atoms with Crippen molar-refractivity contribution in [3.63, 3.8) is 0 Å². The molecule has 174 valence electrons. The average molecular weight is 478 g/mol. The van der Waals surface area contributed by atoms with Crippen molar-refractivity contribution in [2.24, 2.45) is 5.73 Å². The van der Waals surface area contributed by atoms with Crippen LogP contribution in [-0.2, 0) is 25.6 Å². The average Bonchev–Trinajstić information content (AvgIpc) is 3.25. The lowest BCUT2D eigenvalue weighted by molar-refractivity contribution is -0.142. The molecule has 0 bridgehead atoms. The minimum absolute atomic E-state index is 0.0172. The molecule has 3 heterocycles. The highest BCUT2D eigenvalue weighted by Crippen LogP contribution is 2.36. The lowest BCUT2D eigenvalue weighted by atomic mass is 9.95. The fourth-order valence-corrected chi connectivity index (χ4v) is 5.14. The van der Waals surface area contributed by atoms with Crippen LogP contribution in [0.15, 0.2) is 18.3 Å². The predicted molar refractivity (Wildman–Crippen MR) is 117 cm³/mol. The number of aryl methyl sites for hydroxylation is 1. The number of halogens is 3. The number of alkyl halides is 3. The Bertz CT molecular complexity index is 1250. The molecule has 0 saturated carbocycles. The molecule has 1 aliphatic rings. The molecule has 0 spiro atoms. The molecular formula is C22H22F3N5O2S. The Morgan fingerprint density at radius 1 is 1.24 bits per heavy atom. The van der Waals surface area contributed by atoms with E-state index in [1.807, 2.05) is 6.92 Å². The highest BCUT2D eigenvalue weighted by Gasteiger charge is 2.39. The fraction of sp³-hybridized carbons (Fsp3) is 0.364. The first-order valence-corrected chi connectivity index (χ1v) is 11.2. The summed E-state index contributed by atoms with van der Waals surface area (Å²) in [6.07, 6.45) is -0.729. The zero-order valence-corrected chi connectivity index (χ0v) is 18.9. The van der Waals surface area contributed by atoms with E-state index in [1.54, 1.807) is 6.92 Å². The summed E-state index contributed by atoms with van der Waals surface area (Å²) in [5.41, 5.74) is 7.08. The minimum atomic E-state index is -4.52. The summed E-state index contributed by atoms with van der Waals surface area (Å²) in [7, 11) is 0. The molecule has 4 rings (SSSR count). The number of thiophene rings is 1. The Morgan fingerprint density at radius 3 is 2.67 bits per heavy atom. The summed E-state index contributed by atoms with van der Waals surface area (Å²) in [5.74, 6) is -1.10. The van der Waals surface area contributed by atoms with Crippen LogP contribution in [0.5, 0.6) is 0 Å². The van der Waals surface area contributed by atoms with Gasteiger partial charge in [-0.25, -0.2) is 0 Å². The van der Waals surface area contributed by atoms with Crippen LogP contribution in [0.1, 0.15) is 66.6 Å². The maximum atomic E-state index is 13.4. The van der Waals surface area contributed by atoms with Crippen molar-refractivity contribution in [1.29, 1.82) is 0 Å². The van der Waals surface area contributed by atoms with Gasteiger partial charge in [0.15, 0.2) is 5.69 Å². The molecule has 33 heavy (non-hydrogen) atoms. The smallest absolute Gasteiger partial charge is 0.365 e. The molecule has 0 saturated heterocycles. The second-order valence-corrected chi connectivity index (χ2v) is 9.20. The van der Waals surface area contributed by atoms with Gasteiger partial charge in [0.05, 0.1) is 17.8 Å². The van der Waals surface area contributed by atoms with Crippen molar-refractivity contribution >= 4 is 28.2 Å². The third-order valence-electron chi connectivity index (χ3n) is 5.77. The molecule has 11 heteroatoms. The summed E-state index contributed by atoms with van der Waals surface area (Å²) in [6.45, 7) is 3.60. The number of aromatic nitrogens is 3. The largest absolute Gasteiger partial charge is 0.435 e. The van der Waals surface area contributed by atoms with E-state index in [0.29, 0.717) is 41.2 Å². The topological polar surface area (TPSA) is 103 Å². The number of hydrogen-bond acceptors (Lipinski definition) is 5. The van der Waals surface area contributed by atoms with E-state index < -0.39 is 23.7 Å². The number of hydrogen-bond donors (Lipinski definition) is 2. The number of anilines is 1. The molecule has 0 fully saturated rings. The van der Waals surface area contributed by atoms with Gasteiger partial charge in [0, 0.05) is 27.9 Å². The van der Waals surface area contributed by atoms with Crippen molar-refractivity contribution in [2.45, 2.75) is 52.3 Å². The summed E-state index contributed by atoms with van der Waals surface area (Å²) < 4.78 is 41.7. The summed E-state index contributed by atoms with van der Waals surface area (Å²) >= 11 is 1.25. The fourth-order valence-electron chi connectivity index (χ4n) is 4.08. The van der Waals surface area contributed by atoms with Gasteiger partial charge in [-0.05, 0) is 57.2 Å². The third kappa shape index (κ3) is 4.50. The predicted octanol–water partition coefficient (Wildman–Crippen LogP) is 4.25. The van der Waals surface area contributed by atoms with Gasteiger partial charge in [-0.1, -0.05) is 0 Å². The number of carbonyl (C=O) groups is 2. The van der Waals surface area contributed by atoms with E-state index in [-0.39, 0.29) is 23.2 Å². The maximum Gasteiger partial charge on any atom is 0.435 e. The Kier molecular flexibility index (Phi) is 6.00. The molecule has 7 nitrogen and oxygen atoms in total. The first kappa shape index (κ1) is 23.0. The highest BCUT2D eigenvalue weighted by atomic mass is 32.1. The van der Waals surface area contributed by atoms with Crippen LogP contribution in [0.2, 0.25) is 0 Å². The van der Waals surface area contributed by atoms with Gasteiger partial charge in [0.2, 0.25) is 0 Å². The quantitative estimate of drug-likeness (QED) is 0.573. The number of nitrogens with two attached hydrogens (primary N) is 1. The lowest BCUT2D eigenvalue weighted by Crippen LogP contribution is -2.18. The van der Waals surface area contributed by atoms with E-state index in [1.165, 1.54) is 34.3 Å². The number of primary amides is 1. The van der Waals surface area contributed by atoms with Gasteiger partial charge in [-0.3, -0.25) is 19.3 Å². The van der Waals surface area contributed by atoms with Crippen LogP contribution in [0.25, 0.3) is 0 Å². The van der Waals surface area contributed by atoms with Gasteiger partial charge in [-0.15, -0.1) is 11.3 Å². The Labute approximate surface area is 191 Å². The van der Waals surface area contributed by atoms with Gasteiger partial charge >= 0.3 is 6.18 Å². The third-order valence-corrected chi connectivity index (χ3v) is 6.90. The number of fused-ring (bicyclic) bond motifs is 1. The first-order chi connectivity index (χ1) is 15.6. The van der Waals surface area contributed by atoms with Gasteiger partial charge < -0.3 is 11.1 Å². The molecule has 1 aliphatic carbocycles. The molecule has 0 radical (unpaired) electrons. The lowest BCUT2D eigenvalue weighted by Gasteiger charge is -2.14. The van der Waals surface area contributed by atoms with Gasteiger partial charge in [0.1, 0.15) is 5.00 Å². The van der Waals surface area contributed by atoms with Crippen LogP contribution in [0.3, 0.4) is 0 Å². The van der Waals surface area contributed by atoms with Gasteiger partial charge in [-0.2, -0.15) is 18.3 Å². The molecule has 0 unspecified atom stereocenters. The van der Waals surface area contributed by atoms with Crippen molar-refractivity contribution in [2.75, 3.05) is 5.32 Å². The molecule has 0 atom stereocenters. The second-order valence-electron chi connectivity index (χ2n) is 7.98. The summed E-state index contributed by atoms with van der Waals surface area (Å²) in [5, 5.41) is 6.92. The monoisotopic (exact) mass is 477 g/mol. The zero-order valence-electron chi connectivity index (χ0n) is 18.0. The van der Waals surface area contributed by atoms with Crippen LogP contribution in [0, 0.1) is 13.8 Å². The van der Waals surface area contributed by atoms with Crippen molar-refractivity contribution in [3.8, 4) is 0 Å².